The topological polar surface area (TPSA) is 121 Å². The van der Waals surface area contributed by atoms with Crippen LogP contribution in [-0.2, 0) is 27.7 Å². The predicted octanol–water partition coefficient (Wildman–Crippen LogP) is 1.89. The number of morpholine rings is 1. The van der Waals surface area contributed by atoms with E-state index in [4.69, 9.17) is 4.74 Å². The molecule has 0 spiro atoms. The highest BCUT2D eigenvalue weighted by atomic mass is 32.2. The molecule has 1 aromatic heterocycles. The molecule has 3 heterocycles. The van der Waals surface area contributed by atoms with Crippen LogP contribution in [0.5, 0.6) is 0 Å². The number of anilines is 1. The quantitative estimate of drug-likeness (QED) is 0.656. The van der Waals surface area contributed by atoms with E-state index in [2.05, 4.69) is 15.6 Å². The lowest BCUT2D eigenvalue weighted by molar-refractivity contribution is 0.0730. The number of carbonyl (C=O) groups excluding carboxylic acids is 2. The Bertz CT molecular complexity index is 1120. The van der Waals surface area contributed by atoms with Gasteiger partial charge in [-0.05, 0) is 38.1 Å². The van der Waals surface area contributed by atoms with Crippen LogP contribution in [0.25, 0.3) is 0 Å². The van der Waals surface area contributed by atoms with Crippen molar-refractivity contribution in [3.05, 3.63) is 40.4 Å². The maximum absolute atomic E-state index is 13.0. The molecule has 2 aromatic rings. The van der Waals surface area contributed by atoms with Crippen molar-refractivity contribution in [3.8, 4) is 0 Å². The van der Waals surface area contributed by atoms with Crippen molar-refractivity contribution in [2.24, 2.45) is 0 Å². The van der Waals surface area contributed by atoms with Gasteiger partial charge >= 0.3 is 6.03 Å². The SMILES string of the molecule is CC(C)NC(=O)Nc1nc2c(s1)CN(C(=O)c1ccc(S(=O)(=O)N3CCOCC3)cc1)CC2. The van der Waals surface area contributed by atoms with Crippen LogP contribution in [0.2, 0.25) is 0 Å². The summed E-state index contributed by atoms with van der Waals surface area (Å²) >= 11 is 1.36. The lowest BCUT2D eigenvalue weighted by atomic mass is 10.1. The third-order valence-electron chi connectivity index (χ3n) is 5.37. The fourth-order valence-electron chi connectivity index (χ4n) is 3.71. The number of thiazole rings is 1. The average molecular weight is 494 g/mol. The van der Waals surface area contributed by atoms with Gasteiger partial charge in [0.15, 0.2) is 5.13 Å². The first kappa shape index (κ1) is 23.6. The number of carbonyl (C=O) groups is 2. The first-order valence-corrected chi connectivity index (χ1v) is 13.0. The number of urea groups is 1. The molecule has 0 radical (unpaired) electrons. The van der Waals surface area contributed by atoms with Crippen molar-refractivity contribution in [3.63, 3.8) is 0 Å². The highest BCUT2D eigenvalue weighted by Crippen LogP contribution is 2.29. The molecule has 4 rings (SSSR count). The van der Waals surface area contributed by atoms with Gasteiger partial charge in [0.25, 0.3) is 5.91 Å². The summed E-state index contributed by atoms with van der Waals surface area (Å²) in [6.45, 7) is 6.05. The van der Waals surface area contributed by atoms with E-state index in [-0.39, 0.29) is 22.9 Å². The van der Waals surface area contributed by atoms with Crippen LogP contribution in [0, 0.1) is 0 Å². The van der Waals surface area contributed by atoms with Gasteiger partial charge in [-0.2, -0.15) is 4.31 Å². The normalized spacial score (nSPS) is 17.0. The molecule has 1 aromatic carbocycles. The lowest BCUT2D eigenvalue weighted by Gasteiger charge is -2.27. The summed E-state index contributed by atoms with van der Waals surface area (Å²) in [5.74, 6) is -0.170. The van der Waals surface area contributed by atoms with Crippen LogP contribution in [0.15, 0.2) is 29.2 Å². The molecular formula is C21H27N5O5S2. The monoisotopic (exact) mass is 493 g/mol. The fourth-order valence-corrected chi connectivity index (χ4v) is 6.13. The minimum atomic E-state index is -3.60. The number of hydrogen-bond acceptors (Lipinski definition) is 7. The highest BCUT2D eigenvalue weighted by Gasteiger charge is 2.28. The Kier molecular flexibility index (Phi) is 6.98. The third-order valence-corrected chi connectivity index (χ3v) is 8.28. The molecule has 2 aliphatic heterocycles. The van der Waals surface area contributed by atoms with E-state index in [1.807, 2.05) is 13.8 Å². The molecule has 3 amide bonds. The van der Waals surface area contributed by atoms with Crippen molar-refractivity contribution < 1.29 is 22.7 Å². The van der Waals surface area contributed by atoms with Crippen molar-refractivity contribution in [2.45, 2.75) is 37.8 Å². The number of benzene rings is 1. The van der Waals surface area contributed by atoms with Crippen molar-refractivity contribution in [1.29, 1.82) is 0 Å². The maximum atomic E-state index is 13.0. The van der Waals surface area contributed by atoms with Gasteiger partial charge in [-0.15, -0.1) is 0 Å². The van der Waals surface area contributed by atoms with E-state index in [0.717, 1.165) is 10.6 Å². The number of nitrogens with one attached hydrogen (secondary N) is 2. The minimum Gasteiger partial charge on any atom is -0.379 e. The first-order chi connectivity index (χ1) is 15.7. The van der Waals surface area contributed by atoms with Gasteiger partial charge in [-0.1, -0.05) is 11.3 Å². The summed E-state index contributed by atoms with van der Waals surface area (Å²) in [4.78, 5) is 32.2. The average Bonchev–Trinajstić information content (AvgIpc) is 3.20. The number of nitrogens with zero attached hydrogens (tertiary/aromatic N) is 3. The molecule has 12 heteroatoms. The molecule has 1 saturated heterocycles. The number of ether oxygens (including phenoxy) is 1. The summed E-state index contributed by atoms with van der Waals surface area (Å²) in [6, 6.07) is 5.78. The van der Waals surface area contributed by atoms with Gasteiger partial charge in [0, 0.05) is 42.5 Å². The number of aromatic nitrogens is 1. The molecule has 10 nitrogen and oxygen atoms in total. The largest absolute Gasteiger partial charge is 0.379 e. The third kappa shape index (κ3) is 5.35. The standard InChI is InChI=1S/C21H27N5O5S2/c1-14(2)22-20(28)24-21-23-17-7-8-25(13-18(17)32-21)19(27)15-3-5-16(6-4-15)33(29,30)26-9-11-31-12-10-26/h3-6,14H,7-13H2,1-2H3,(H2,22,23,24,28). The van der Waals surface area contributed by atoms with Gasteiger partial charge in [0.2, 0.25) is 10.0 Å². The molecule has 2 N–H and O–H groups in total. The summed E-state index contributed by atoms with van der Waals surface area (Å²) < 4.78 is 32.2. The second-order valence-electron chi connectivity index (χ2n) is 8.16. The Hall–Kier alpha value is -2.54. The summed E-state index contributed by atoms with van der Waals surface area (Å²) in [5, 5.41) is 6.00. The van der Waals surface area contributed by atoms with E-state index < -0.39 is 10.0 Å². The van der Waals surface area contributed by atoms with Crippen LogP contribution in [0.3, 0.4) is 0 Å². The Morgan fingerprint density at radius 2 is 1.82 bits per heavy atom. The van der Waals surface area contributed by atoms with Gasteiger partial charge < -0.3 is 15.0 Å². The zero-order valence-corrected chi connectivity index (χ0v) is 20.2. The lowest BCUT2D eigenvalue weighted by Crippen LogP contribution is -2.40. The molecular weight excluding hydrogens is 466 g/mol. The first-order valence-electron chi connectivity index (χ1n) is 10.8. The van der Waals surface area contributed by atoms with Crippen LogP contribution in [0.1, 0.15) is 34.8 Å². The zero-order valence-electron chi connectivity index (χ0n) is 18.5. The minimum absolute atomic E-state index is 0.0166. The molecule has 0 atom stereocenters. The van der Waals surface area contributed by atoms with E-state index in [1.54, 1.807) is 17.0 Å². The molecule has 0 unspecified atom stereocenters. The van der Waals surface area contributed by atoms with E-state index in [9.17, 15) is 18.0 Å². The molecule has 0 aliphatic carbocycles. The molecule has 1 fully saturated rings. The number of hydrogen-bond donors (Lipinski definition) is 2. The maximum Gasteiger partial charge on any atom is 0.321 e. The van der Waals surface area contributed by atoms with Crippen LogP contribution < -0.4 is 10.6 Å². The summed E-state index contributed by atoms with van der Waals surface area (Å²) in [7, 11) is -3.60. The van der Waals surface area contributed by atoms with E-state index >= 15 is 0 Å². The number of fused-ring (bicyclic) bond motifs is 1. The van der Waals surface area contributed by atoms with Crippen molar-refractivity contribution in [1.82, 2.24) is 19.5 Å². The van der Waals surface area contributed by atoms with Crippen LogP contribution in [-0.4, -0.2) is 73.4 Å². The fraction of sp³-hybridized carbons (Fsp3) is 0.476. The van der Waals surface area contributed by atoms with Crippen LogP contribution in [0.4, 0.5) is 9.93 Å². The van der Waals surface area contributed by atoms with Gasteiger partial charge in [-0.3, -0.25) is 10.1 Å². The van der Waals surface area contributed by atoms with Gasteiger partial charge in [-0.25, -0.2) is 18.2 Å². The Balaban J connectivity index is 1.42. The summed E-state index contributed by atoms with van der Waals surface area (Å²) in [6.07, 6.45) is 0.592. The Morgan fingerprint density at radius 3 is 2.48 bits per heavy atom. The van der Waals surface area contributed by atoms with Gasteiger partial charge in [0.1, 0.15) is 0 Å². The van der Waals surface area contributed by atoms with E-state index in [0.29, 0.717) is 56.5 Å². The number of sulfonamides is 1. The Morgan fingerprint density at radius 1 is 1.12 bits per heavy atom. The highest BCUT2D eigenvalue weighted by molar-refractivity contribution is 7.89. The van der Waals surface area contributed by atoms with Crippen LogP contribution >= 0.6 is 11.3 Å². The summed E-state index contributed by atoms with van der Waals surface area (Å²) in [5.41, 5.74) is 1.31. The van der Waals surface area contributed by atoms with Crippen molar-refractivity contribution >= 4 is 38.4 Å². The molecule has 0 bridgehead atoms. The van der Waals surface area contributed by atoms with E-state index in [1.165, 1.54) is 27.8 Å². The molecule has 2 aliphatic rings. The number of rotatable bonds is 5. The van der Waals surface area contributed by atoms with Gasteiger partial charge in [0.05, 0.1) is 30.3 Å². The zero-order chi connectivity index (χ0) is 23.6. The second-order valence-corrected chi connectivity index (χ2v) is 11.2. The number of amides is 3. The smallest absolute Gasteiger partial charge is 0.321 e. The Labute approximate surface area is 197 Å². The van der Waals surface area contributed by atoms with Crippen molar-refractivity contribution in [2.75, 3.05) is 38.2 Å². The second kappa shape index (κ2) is 9.75. The molecule has 178 valence electrons. The molecule has 33 heavy (non-hydrogen) atoms. The molecule has 0 saturated carbocycles. The predicted molar refractivity (Wildman–Crippen MR) is 124 cm³/mol.